The van der Waals surface area contributed by atoms with Crippen LogP contribution in [0.2, 0.25) is 0 Å². The number of benzene rings is 1. The van der Waals surface area contributed by atoms with Crippen LogP contribution in [0.1, 0.15) is 44.6 Å². The second-order valence-electron chi connectivity index (χ2n) is 7.85. The fourth-order valence-electron chi connectivity index (χ4n) is 3.39. The highest BCUT2D eigenvalue weighted by Crippen LogP contribution is 2.19. The largest absolute Gasteiger partial charge is 0.354 e. The molecule has 0 aromatic heterocycles. The monoisotopic (exact) mass is 435 g/mol. The van der Waals surface area contributed by atoms with E-state index in [0.29, 0.717) is 6.54 Å². The summed E-state index contributed by atoms with van der Waals surface area (Å²) in [4.78, 5) is 27.1. The molecule has 0 unspecified atom stereocenters. The summed E-state index contributed by atoms with van der Waals surface area (Å²) < 4.78 is 24.4. The third-order valence-electron chi connectivity index (χ3n) is 5.42. The van der Waals surface area contributed by atoms with Gasteiger partial charge >= 0.3 is 0 Å². The van der Waals surface area contributed by atoms with Crippen LogP contribution in [0.15, 0.2) is 42.0 Å². The number of carbonyl (C=O) groups excluding carboxylic acids is 2. The van der Waals surface area contributed by atoms with E-state index in [2.05, 4.69) is 11.4 Å². The lowest BCUT2D eigenvalue weighted by Gasteiger charge is -2.30. The summed E-state index contributed by atoms with van der Waals surface area (Å²) >= 11 is 0. The lowest BCUT2D eigenvalue weighted by atomic mass is 9.97. The van der Waals surface area contributed by atoms with Crippen LogP contribution in [0.5, 0.6) is 0 Å². The molecule has 0 saturated heterocycles. The maximum Gasteiger partial charge on any atom is 0.242 e. The minimum absolute atomic E-state index is 0.233. The van der Waals surface area contributed by atoms with Crippen LogP contribution in [0.4, 0.5) is 0 Å². The van der Waals surface area contributed by atoms with Crippen molar-refractivity contribution in [2.24, 2.45) is 0 Å². The van der Waals surface area contributed by atoms with E-state index in [4.69, 9.17) is 0 Å². The molecule has 0 bridgehead atoms. The predicted molar refractivity (Wildman–Crippen MR) is 118 cm³/mol. The predicted octanol–water partition coefficient (Wildman–Crippen LogP) is 2.30. The summed E-state index contributed by atoms with van der Waals surface area (Å²) in [5.74, 6) is -0.651. The summed E-state index contributed by atoms with van der Waals surface area (Å²) in [5, 5.41) is 2.93. The number of nitrogens with zero attached hydrogens (tertiary/aromatic N) is 2. The highest BCUT2D eigenvalue weighted by atomic mass is 32.2. The van der Waals surface area contributed by atoms with Gasteiger partial charge in [-0.25, -0.2) is 8.42 Å². The maximum absolute atomic E-state index is 12.9. The first-order valence-corrected chi connectivity index (χ1v) is 12.2. The normalized spacial score (nSPS) is 15.4. The van der Waals surface area contributed by atoms with E-state index in [1.54, 1.807) is 6.92 Å². The minimum Gasteiger partial charge on any atom is -0.354 e. The molecule has 1 N–H and O–H groups in total. The first kappa shape index (κ1) is 24.1. The van der Waals surface area contributed by atoms with Crippen molar-refractivity contribution >= 4 is 21.8 Å². The van der Waals surface area contributed by atoms with Crippen LogP contribution >= 0.6 is 0 Å². The molecule has 2 rings (SSSR count). The van der Waals surface area contributed by atoms with Gasteiger partial charge in [-0.05, 0) is 44.6 Å². The van der Waals surface area contributed by atoms with Gasteiger partial charge in [0, 0.05) is 20.1 Å². The molecule has 1 atom stereocenters. The molecule has 0 fully saturated rings. The van der Waals surface area contributed by atoms with Crippen molar-refractivity contribution in [2.75, 3.05) is 26.4 Å². The maximum atomic E-state index is 12.9. The number of rotatable bonds is 10. The SMILES string of the molecule is C[C@@H](C(=O)NCCC1=CCCCC1)N(Cc1ccccc1)C(=O)CN(C)S(C)(=O)=O. The minimum atomic E-state index is -3.50. The number of likely N-dealkylation sites (N-methyl/N-ethyl adjacent to an activating group) is 1. The van der Waals surface area contributed by atoms with Gasteiger partial charge in [-0.3, -0.25) is 9.59 Å². The van der Waals surface area contributed by atoms with Crippen LogP contribution in [-0.2, 0) is 26.2 Å². The van der Waals surface area contributed by atoms with Gasteiger partial charge < -0.3 is 10.2 Å². The number of amides is 2. The highest BCUT2D eigenvalue weighted by molar-refractivity contribution is 7.88. The smallest absolute Gasteiger partial charge is 0.242 e. The Bertz CT molecular complexity index is 852. The lowest BCUT2D eigenvalue weighted by Crippen LogP contribution is -2.50. The van der Waals surface area contributed by atoms with Gasteiger partial charge in [-0.1, -0.05) is 42.0 Å². The first-order chi connectivity index (χ1) is 14.2. The third-order valence-corrected chi connectivity index (χ3v) is 6.68. The molecule has 0 heterocycles. The van der Waals surface area contributed by atoms with Crippen molar-refractivity contribution in [3.63, 3.8) is 0 Å². The molecule has 8 heteroatoms. The van der Waals surface area contributed by atoms with Crippen molar-refractivity contribution in [3.05, 3.63) is 47.5 Å². The van der Waals surface area contributed by atoms with E-state index in [-0.39, 0.29) is 19.0 Å². The van der Waals surface area contributed by atoms with Crippen molar-refractivity contribution < 1.29 is 18.0 Å². The summed E-state index contributed by atoms with van der Waals surface area (Å²) in [6.07, 6.45) is 8.74. The zero-order valence-electron chi connectivity index (χ0n) is 18.1. The van der Waals surface area contributed by atoms with Crippen molar-refractivity contribution in [3.8, 4) is 0 Å². The Morgan fingerprint density at radius 1 is 1.17 bits per heavy atom. The number of sulfonamides is 1. The first-order valence-electron chi connectivity index (χ1n) is 10.4. The molecule has 30 heavy (non-hydrogen) atoms. The van der Waals surface area contributed by atoms with E-state index in [0.717, 1.165) is 35.4 Å². The molecule has 1 aliphatic carbocycles. The molecule has 0 spiro atoms. The summed E-state index contributed by atoms with van der Waals surface area (Å²) in [6.45, 7) is 2.13. The van der Waals surface area contributed by atoms with Gasteiger partial charge in [0.05, 0.1) is 12.8 Å². The Labute approximate surface area is 180 Å². The van der Waals surface area contributed by atoms with Crippen LogP contribution in [0, 0.1) is 0 Å². The lowest BCUT2D eigenvalue weighted by molar-refractivity contribution is -0.140. The average Bonchev–Trinajstić information content (AvgIpc) is 2.72. The average molecular weight is 436 g/mol. The van der Waals surface area contributed by atoms with Crippen LogP contribution in [0.25, 0.3) is 0 Å². The zero-order chi connectivity index (χ0) is 22.1. The Balaban J connectivity index is 2.04. The van der Waals surface area contributed by atoms with Crippen LogP contribution in [0.3, 0.4) is 0 Å². The van der Waals surface area contributed by atoms with E-state index in [1.165, 1.54) is 30.4 Å². The van der Waals surface area contributed by atoms with E-state index >= 15 is 0 Å². The fourth-order valence-corrected chi connectivity index (χ4v) is 3.73. The number of allylic oxidation sites excluding steroid dienone is 1. The quantitative estimate of drug-likeness (QED) is 0.572. The summed E-state index contributed by atoms with van der Waals surface area (Å²) in [5.41, 5.74) is 2.25. The van der Waals surface area contributed by atoms with Gasteiger partial charge in [-0.15, -0.1) is 0 Å². The Morgan fingerprint density at radius 2 is 1.87 bits per heavy atom. The van der Waals surface area contributed by atoms with Gasteiger partial charge in [-0.2, -0.15) is 4.31 Å². The molecule has 0 saturated carbocycles. The molecule has 0 radical (unpaired) electrons. The molecule has 1 aromatic carbocycles. The number of hydrogen-bond acceptors (Lipinski definition) is 4. The van der Waals surface area contributed by atoms with Crippen molar-refractivity contribution in [1.29, 1.82) is 0 Å². The standard InChI is InChI=1S/C22H33N3O4S/c1-18(22(27)23-15-14-19-10-6-4-7-11-19)25(16-20-12-8-5-9-13-20)21(26)17-24(2)30(3,28)29/h5,8-10,12-13,18H,4,6-7,11,14-17H2,1-3H3,(H,23,27)/t18-/m0/s1. The zero-order valence-corrected chi connectivity index (χ0v) is 19.0. The Hall–Kier alpha value is -2.19. The molecule has 1 aliphatic rings. The number of carbonyl (C=O) groups is 2. The second kappa shape index (κ2) is 11.3. The topological polar surface area (TPSA) is 86.8 Å². The molecular formula is C22H33N3O4S. The van der Waals surface area contributed by atoms with Gasteiger partial charge in [0.1, 0.15) is 6.04 Å². The molecule has 166 valence electrons. The highest BCUT2D eigenvalue weighted by Gasteiger charge is 2.28. The molecule has 2 amide bonds. The Morgan fingerprint density at radius 3 is 2.47 bits per heavy atom. The van der Waals surface area contributed by atoms with E-state index in [1.807, 2.05) is 30.3 Å². The molecular weight excluding hydrogens is 402 g/mol. The second-order valence-corrected chi connectivity index (χ2v) is 9.94. The Kier molecular flexibility index (Phi) is 9.05. The summed E-state index contributed by atoms with van der Waals surface area (Å²) in [7, 11) is -2.14. The van der Waals surface area contributed by atoms with Crippen molar-refractivity contribution in [1.82, 2.24) is 14.5 Å². The molecule has 1 aromatic rings. The van der Waals surface area contributed by atoms with Gasteiger partial charge in [0.2, 0.25) is 21.8 Å². The van der Waals surface area contributed by atoms with E-state index in [9.17, 15) is 18.0 Å². The molecule has 0 aliphatic heterocycles. The molecule has 7 nitrogen and oxygen atoms in total. The van der Waals surface area contributed by atoms with E-state index < -0.39 is 22.0 Å². The fraction of sp³-hybridized carbons (Fsp3) is 0.545. The van der Waals surface area contributed by atoms with Crippen molar-refractivity contribution in [2.45, 2.75) is 51.6 Å². The van der Waals surface area contributed by atoms with Gasteiger partial charge in [0.15, 0.2) is 0 Å². The van der Waals surface area contributed by atoms with Crippen LogP contribution < -0.4 is 5.32 Å². The van der Waals surface area contributed by atoms with Crippen LogP contribution in [-0.4, -0.2) is 61.9 Å². The third kappa shape index (κ3) is 7.57. The van der Waals surface area contributed by atoms with Gasteiger partial charge in [0.25, 0.3) is 0 Å². The summed E-state index contributed by atoms with van der Waals surface area (Å²) in [6, 6.07) is 8.64. The number of hydrogen-bond donors (Lipinski definition) is 1. The number of nitrogens with one attached hydrogen (secondary N) is 1.